The third-order valence-corrected chi connectivity index (χ3v) is 1.64. The smallest absolute Gasteiger partial charge is 0.254 e. The Morgan fingerprint density at radius 2 is 2.36 bits per heavy atom. The zero-order valence-corrected chi connectivity index (χ0v) is 7.59. The molecule has 3 N–H and O–H groups in total. The van der Waals surface area contributed by atoms with Crippen molar-refractivity contribution >= 4 is 11.6 Å². The minimum Gasteiger partial charge on any atom is -0.399 e. The van der Waals surface area contributed by atoms with Crippen LogP contribution in [0, 0.1) is 5.82 Å². The number of anilines is 1. The largest absolute Gasteiger partial charge is 0.399 e. The summed E-state index contributed by atoms with van der Waals surface area (Å²) in [5.74, 6) is -1.07. The van der Waals surface area contributed by atoms with E-state index in [1.54, 1.807) is 0 Å². The average molecular weight is 194 g/mol. The quantitative estimate of drug-likeness (QED) is 0.563. The normalized spacial score (nSPS) is 9.50. The van der Waals surface area contributed by atoms with Crippen LogP contribution in [0.4, 0.5) is 10.1 Å². The molecule has 0 fully saturated rings. The van der Waals surface area contributed by atoms with Crippen LogP contribution in [0.1, 0.15) is 10.4 Å². The van der Waals surface area contributed by atoms with Gasteiger partial charge in [-0.2, -0.15) is 0 Å². The van der Waals surface area contributed by atoms with Gasteiger partial charge in [0.05, 0.1) is 5.56 Å². The topological polar surface area (TPSA) is 55.1 Å². The lowest BCUT2D eigenvalue weighted by Gasteiger charge is -2.04. The molecule has 0 aliphatic heterocycles. The minimum absolute atomic E-state index is 0.0492. The van der Waals surface area contributed by atoms with E-state index in [1.165, 1.54) is 18.2 Å². The average Bonchev–Trinajstić information content (AvgIpc) is 2.18. The lowest BCUT2D eigenvalue weighted by Crippen LogP contribution is -2.24. The summed E-state index contributed by atoms with van der Waals surface area (Å²) in [4.78, 5) is 11.3. The molecule has 74 valence electrons. The Hall–Kier alpha value is -1.84. The van der Waals surface area contributed by atoms with Crippen molar-refractivity contribution in [3.8, 4) is 0 Å². The highest BCUT2D eigenvalue weighted by Crippen LogP contribution is 2.11. The third-order valence-electron chi connectivity index (χ3n) is 1.64. The van der Waals surface area contributed by atoms with Crippen molar-refractivity contribution < 1.29 is 9.18 Å². The molecular formula is C10H11FN2O. The van der Waals surface area contributed by atoms with E-state index < -0.39 is 11.7 Å². The summed E-state index contributed by atoms with van der Waals surface area (Å²) in [7, 11) is 0. The molecule has 1 rings (SSSR count). The Kier molecular flexibility index (Phi) is 3.23. The lowest BCUT2D eigenvalue weighted by molar-refractivity contribution is 0.0954. The molecule has 0 aliphatic rings. The minimum atomic E-state index is -0.583. The Labute approximate surface area is 81.4 Å². The van der Waals surface area contributed by atoms with E-state index >= 15 is 0 Å². The van der Waals surface area contributed by atoms with Crippen molar-refractivity contribution in [1.29, 1.82) is 0 Å². The molecule has 1 aromatic carbocycles. The molecular weight excluding hydrogens is 183 g/mol. The van der Waals surface area contributed by atoms with Crippen molar-refractivity contribution in [2.75, 3.05) is 12.3 Å². The number of carbonyl (C=O) groups is 1. The van der Waals surface area contributed by atoms with Gasteiger partial charge < -0.3 is 11.1 Å². The van der Waals surface area contributed by atoms with Gasteiger partial charge in [-0.05, 0) is 18.2 Å². The van der Waals surface area contributed by atoms with Gasteiger partial charge in [-0.15, -0.1) is 6.58 Å². The molecule has 0 saturated heterocycles. The van der Waals surface area contributed by atoms with Gasteiger partial charge in [0.15, 0.2) is 0 Å². The second-order valence-electron chi connectivity index (χ2n) is 2.74. The van der Waals surface area contributed by atoms with Gasteiger partial charge in [0.1, 0.15) is 5.82 Å². The fourth-order valence-electron chi connectivity index (χ4n) is 0.977. The Bertz CT molecular complexity index is 363. The number of amides is 1. The van der Waals surface area contributed by atoms with Crippen molar-refractivity contribution in [3.63, 3.8) is 0 Å². The summed E-state index contributed by atoms with van der Waals surface area (Å²) in [6.07, 6.45) is 1.52. The van der Waals surface area contributed by atoms with Gasteiger partial charge in [-0.1, -0.05) is 6.08 Å². The third kappa shape index (κ3) is 2.32. The van der Waals surface area contributed by atoms with Crippen molar-refractivity contribution in [1.82, 2.24) is 5.32 Å². The molecule has 0 aromatic heterocycles. The van der Waals surface area contributed by atoms with Crippen LogP contribution in [-0.4, -0.2) is 12.5 Å². The number of halogens is 1. The summed E-state index contributed by atoms with van der Waals surface area (Å²) in [6.45, 7) is 3.73. The monoisotopic (exact) mass is 194 g/mol. The van der Waals surface area contributed by atoms with Crippen LogP contribution in [0.5, 0.6) is 0 Å². The summed E-state index contributed by atoms with van der Waals surface area (Å²) in [5.41, 5.74) is 5.73. The molecule has 0 bridgehead atoms. The number of hydrogen-bond donors (Lipinski definition) is 2. The SMILES string of the molecule is C=CCNC(=O)c1cc(N)ccc1F. The molecule has 0 spiro atoms. The van der Waals surface area contributed by atoms with Gasteiger partial charge >= 0.3 is 0 Å². The van der Waals surface area contributed by atoms with Gasteiger partial charge in [0, 0.05) is 12.2 Å². The van der Waals surface area contributed by atoms with E-state index in [0.29, 0.717) is 12.2 Å². The molecule has 0 radical (unpaired) electrons. The van der Waals surface area contributed by atoms with Crippen LogP contribution in [0.15, 0.2) is 30.9 Å². The molecule has 1 aromatic rings. The van der Waals surface area contributed by atoms with Gasteiger partial charge in [0.25, 0.3) is 5.91 Å². The van der Waals surface area contributed by atoms with Crippen molar-refractivity contribution in [2.24, 2.45) is 0 Å². The van der Waals surface area contributed by atoms with E-state index in [1.807, 2.05) is 0 Å². The summed E-state index contributed by atoms with van der Waals surface area (Å²) < 4.78 is 13.1. The van der Waals surface area contributed by atoms with Crippen LogP contribution in [0.3, 0.4) is 0 Å². The molecule has 0 unspecified atom stereocenters. The Balaban J connectivity index is 2.88. The van der Waals surface area contributed by atoms with Crippen molar-refractivity contribution in [2.45, 2.75) is 0 Å². The maximum absolute atomic E-state index is 13.1. The number of carbonyl (C=O) groups excluding carboxylic acids is 1. The van der Waals surface area contributed by atoms with Crippen LogP contribution in [0.2, 0.25) is 0 Å². The number of nitrogens with one attached hydrogen (secondary N) is 1. The number of nitrogen functional groups attached to an aromatic ring is 1. The Morgan fingerprint density at radius 1 is 1.64 bits per heavy atom. The molecule has 0 saturated carbocycles. The predicted octanol–water partition coefficient (Wildman–Crippen LogP) is 1.32. The predicted molar refractivity (Wildman–Crippen MR) is 53.3 cm³/mol. The maximum Gasteiger partial charge on any atom is 0.254 e. The molecule has 3 nitrogen and oxygen atoms in total. The second kappa shape index (κ2) is 4.41. The summed E-state index contributed by atoms with van der Waals surface area (Å²) in [6, 6.07) is 3.87. The molecule has 0 aliphatic carbocycles. The number of nitrogens with two attached hydrogens (primary N) is 1. The zero-order chi connectivity index (χ0) is 10.6. The van der Waals surface area contributed by atoms with E-state index in [2.05, 4.69) is 11.9 Å². The second-order valence-corrected chi connectivity index (χ2v) is 2.74. The summed E-state index contributed by atoms with van der Waals surface area (Å²) in [5, 5.41) is 2.46. The van der Waals surface area contributed by atoms with Crippen LogP contribution < -0.4 is 11.1 Å². The summed E-state index contributed by atoms with van der Waals surface area (Å²) >= 11 is 0. The van der Waals surface area contributed by atoms with E-state index in [4.69, 9.17) is 5.73 Å². The lowest BCUT2D eigenvalue weighted by atomic mass is 10.2. The zero-order valence-electron chi connectivity index (χ0n) is 7.59. The number of hydrogen-bond acceptors (Lipinski definition) is 2. The first kappa shape index (κ1) is 10.2. The van der Waals surface area contributed by atoms with Crippen LogP contribution >= 0.6 is 0 Å². The highest BCUT2D eigenvalue weighted by Gasteiger charge is 2.10. The van der Waals surface area contributed by atoms with Crippen molar-refractivity contribution in [3.05, 3.63) is 42.2 Å². The molecule has 4 heteroatoms. The molecule has 1 amide bonds. The standard InChI is InChI=1S/C10H11FN2O/c1-2-5-13-10(14)8-6-7(12)3-4-9(8)11/h2-4,6H,1,5,12H2,(H,13,14). The fraction of sp³-hybridized carbons (Fsp3) is 0.100. The maximum atomic E-state index is 13.1. The first-order chi connectivity index (χ1) is 6.65. The van der Waals surface area contributed by atoms with Crippen LogP contribution in [0.25, 0.3) is 0 Å². The molecule has 0 atom stereocenters. The first-order valence-electron chi connectivity index (χ1n) is 4.09. The van der Waals surface area contributed by atoms with E-state index in [-0.39, 0.29) is 5.56 Å². The highest BCUT2D eigenvalue weighted by molar-refractivity contribution is 5.95. The van der Waals surface area contributed by atoms with E-state index in [9.17, 15) is 9.18 Å². The van der Waals surface area contributed by atoms with Gasteiger partial charge in [0.2, 0.25) is 0 Å². The fourth-order valence-corrected chi connectivity index (χ4v) is 0.977. The Morgan fingerprint density at radius 3 is 3.00 bits per heavy atom. The molecule has 0 heterocycles. The number of benzene rings is 1. The molecule has 14 heavy (non-hydrogen) atoms. The van der Waals surface area contributed by atoms with Crippen LogP contribution in [-0.2, 0) is 0 Å². The van der Waals surface area contributed by atoms with E-state index in [0.717, 1.165) is 6.07 Å². The highest BCUT2D eigenvalue weighted by atomic mass is 19.1. The van der Waals surface area contributed by atoms with Gasteiger partial charge in [-0.25, -0.2) is 4.39 Å². The van der Waals surface area contributed by atoms with Gasteiger partial charge in [-0.3, -0.25) is 4.79 Å². The first-order valence-corrected chi connectivity index (χ1v) is 4.09. The number of rotatable bonds is 3.